The first kappa shape index (κ1) is 25.3. The first-order valence-corrected chi connectivity index (χ1v) is 11.6. The van der Waals surface area contributed by atoms with Crippen LogP contribution in [0.4, 0.5) is 0 Å². The molecule has 1 aliphatic rings. The molecule has 1 fully saturated rings. The normalized spacial score (nSPS) is 18.9. The van der Waals surface area contributed by atoms with Crippen molar-refractivity contribution in [3.8, 4) is 0 Å². The van der Waals surface area contributed by atoms with Gasteiger partial charge >= 0.3 is 0 Å². The van der Waals surface area contributed by atoms with Gasteiger partial charge in [-0.15, -0.1) is 0 Å². The molecule has 0 aliphatic carbocycles. The van der Waals surface area contributed by atoms with Crippen molar-refractivity contribution in [2.75, 3.05) is 19.8 Å². The van der Waals surface area contributed by atoms with Gasteiger partial charge in [0.25, 0.3) is 0 Å². The average Bonchev–Trinajstić information content (AvgIpc) is 3.01. The maximum absolute atomic E-state index is 11.9. The SMILES string of the molecule is CCCCCCCCCCC/C=C/C(=O)CCCCOC[C@H]1COC(C)(C)O1. The molecule has 0 aromatic carbocycles. The molecular formula is C24H44O4. The molecule has 28 heavy (non-hydrogen) atoms. The summed E-state index contributed by atoms with van der Waals surface area (Å²) in [6.07, 6.45) is 19.4. The lowest BCUT2D eigenvalue weighted by atomic mass is 10.1. The summed E-state index contributed by atoms with van der Waals surface area (Å²) in [5.41, 5.74) is 0. The molecule has 4 heteroatoms. The third-order valence-corrected chi connectivity index (χ3v) is 5.11. The fourth-order valence-corrected chi connectivity index (χ4v) is 3.43. The zero-order valence-corrected chi connectivity index (χ0v) is 18.7. The molecule has 1 rings (SSSR count). The van der Waals surface area contributed by atoms with E-state index in [1.54, 1.807) is 6.08 Å². The minimum Gasteiger partial charge on any atom is -0.379 e. The number of hydrogen-bond donors (Lipinski definition) is 0. The van der Waals surface area contributed by atoms with Crippen LogP contribution < -0.4 is 0 Å². The fourth-order valence-electron chi connectivity index (χ4n) is 3.43. The summed E-state index contributed by atoms with van der Waals surface area (Å²) in [6.45, 7) is 7.93. The van der Waals surface area contributed by atoms with Gasteiger partial charge in [-0.1, -0.05) is 64.4 Å². The lowest BCUT2D eigenvalue weighted by Crippen LogP contribution is -2.24. The molecule has 1 heterocycles. The van der Waals surface area contributed by atoms with E-state index in [1.807, 2.05) is 13.8 Å². The van der Waals surface area contributed by atoms with Crippen LogP contribution in [0.5, 0.6) is 0 Å². The minimum atomic E-state index is -0.485. The number of ketones is 1. The van der Waals surface area contributed by atoms with Gasteiger partial charge in [-0.25, -0.2) is 0 Å². The van der Waals surface area contributed by atoms with Gasteiger partial charge in [-0.2, -0.15) is 0 Å². The Morgan fingerprint density at radius 1 is 1.00 bits per heavy atom. The summed E-state index contributed by atoms with van der Waals surface area (Å²) >= 11 is 0. The van der Waals surface area contributed by atoms with Crippen molar-refractivity contribution in [1.29, 1.82) is 0 Å². The molecule has 0 N–H and O–H groups in total. The van der Waals surface area contributed by atoms with E-state index in [9.17, 15) is 4.79 Å². The Balaban J connectivity index is 1.83. The first-order valence-electron chi connectivity index (χ1n) is 11.6. The summed E-state index contributed by atoms with van der Waals surface area (Å²) in [5, 5.41) is 0. The average molecular weight is 397 g/mol. The smallest absolute Gasteiger partial charge is 0.163 e. The Kier molecular flexibility index (Phi) is 14.6. The van der Waals surface area contributed by atoms with Gasteiger partial charge in [0.05, 0.1) is 13.2 Å². The predicted octanol–water partition coefficient (Wildman–Crippen LogP) is 6.37. The lowest BCUT2D eigenvalue weighted by Gasteiger charge is -2.17. The molecule has 164 valence electrons. The molecule has 4 nitrogen and oxygen atoms in total. The Labute approximate surface area is 173 Å². The summed E-state index contributed by atoms with van der Waals surface area (Å²) in [7, 11) is 0. The Bertz CT molecular complexity index is 417. The van der Waals surface area contributed by atoms with E-state index in [2.05, 4.69) is 13.0 Å². The predicted molar refractivity (Wildman–Crippen MR) is 116 cm³/mol. The molecule has 1 atom stereocenters. The molecule has 0 aromatic rings. The van der Waals surface area contributed by atoms with Crippen molar-refractivity contribution >= 4 is 5.78 Å². The molecule has 1 aliphatic heterocycles. The molecule has 0 unspecified atom stereocenters. The Hall–Kier alpha value is -0.710. The molecule has 0 saturated carbocycles. The maximum Gasteiger partial charge on any atom is 0.163 e. The van der Waals surface area contributed by atoms with Gasteiger partial charge in [-0.05, 0) is 45.6 Å². The van der Waals surface area contributed by atoms with Crippen LogP contribution in [0.15, 0.2) is 12.2 Å². The summed E-state index contributed by atoms with van der Waals surface area (Å²) in [5.74, 6) is -0.244. The second kappa shape index (κ2) is 16.1. The monoisotopic (exact) mass is 396 g/mol. The van der Waals surface area contributed by atoms with Crippen LogP contribution in [-0.4, -0.2) is 37.5 Å². The quantitative estimate of drug-likeness (QED) is 0.199. The van der Waals surface area contributed by atoms with Crippen molar-refractivity contribution in [2.45, 2.75) is 116 Å². The second-order valence-electron chi connectivity index (χ2n) is 8.47. The van der Waals surface area contributed by atoms with Gasteiger partial charge in [0.15, 0.2) is 11.6 Å². The minimum absolute atomic E-state index is 0.0284. The molecule has 0 radical (unpaired) electrons. The van der Waals surface area contributed by atoms with E-state index in [-0.39, 0.29) is 11.9 Å². The third kappa shape index (κ3) is 14.3. The van der Waals surface area contributed by atoms with Crippen molar-refractivity contribution in [3.05, 3.63) is 12.2 Å². The van der Waals surface area contributed by atoms with Crippen molar-refractivity contribution in [1.82, 2.24) is 0 Å². The largest absolute Gasteiger partial charge is 0.379 e. The molecule has 0 spiro atoms. The van der Waals surface area contributed by atoms with Crippen LogP contribution in [0.1, 0.15) is 104 Å². The van der Waals surface area contributed by atoms with E-state index in [4.69, 9.17) is 14.2 Å². The molecule has 0 aromatic heterocycles. The van der Waals surface area contributed by atoms with E-state index in [1.165, 1.54) is 57.8 Å². The van der Waals surface area contributed by atoms with Crippen LogP contribution in [0, 0.1) is 0 Å². The van der Waals surface area contributed by atoms with Crippen molar-refractivity contribution < 1.29 is 19.0 Å². The van der Waals surface area contributed by atoms with Gasteiger partial charge in [-0.3, -0.25) is 4.79 Å². The highest BCUT2D eigenvalue weighted by molar-refractivity contribution is 5.89. The van der Waals surface area contributed by atoms with Crippen molar-refractivity contribution in [2.24, 2.45) is 0 Å². The number of ether oxygens (including phenoxy) is 3. The second-order valence-corrected chi connectivity index (χ2v) is 8.47. The van der Waals surface area contributed by atoms with Crippen molar-refractivity contribution in [3.63, 3.8) is 0 Å². The first-order chi connectivity index (χ1) is 13.5. The number of allylic oxidation sites excluding steroid dienone is 2. The molecule has 0 amide bonds. The number of hydrogen-bond acceptors (Lipinski definition) is 4. The number of carbonyl (C=O) groups excluding carboxylic acids is 1. The highest BCUT2D eigenvalue weighted by atomic mass is 16.7. The topological polar surface area (TPSA) is 44.8 Å². The van der Waals surface area contributed by atoms with Crippen LogP contribution in [-0.2, 0) is 19.0 Å². The van der Waals surface area contributed by atoms with Gasteiger partial charge in [0.2, 0.25) is 0 Å². The van der Waals surface area contributed by atoms with Crippen LogP contribution in [0.25, 0.3) is 0 Å². The van der Waals surface area contributed by atoms with E-state index >= 15 is 0 Å². The molecular weight excluding hydrogens is 352 g/mol. The Morgan fingerprint density at radius 2 is 1.68 bits per heavy atom. The zero-order chi connectivity index (χ0) is 20.5. The molecule has 0 bridgehead atoms. The van der Waals surface area contributed by atoms with Gasteiger partial charge in [0.1, 0.15) is 6.10 Å². The van der Waals surface area contributed by atoms with E-state index < -0.39 is 5.79 Å². The fraction of sp³-hybridized carbons (Fsp3) is 0.875. The summed E-state index contributed by atoms with van der Waals surface area (Å²) in [6, 6.07) is 0. The molecule has 1 saturated heterocycles. The third-order valence-electron chi connectivity index (χ3n) is 5.11. The number of unbranched alkanes of at least 4 members (excludes halogenated alkanes) is 10. The lowest BCUT2D eigenvalue weighted by molar-refractivity contribution is -0.145. The number of rotatable bonds is 18. The maximum atomic E-state index is 11.9. The van der Waals surface area contributed by atoms with Crippen LogP contribution in [0.2, 0.25) is 0 Å². The summed E-state index contributed by atoms with van der Waals surface area (Å²) < 4.78 is 16.8. The standard InChI is InChI=1S/C24H44O4/c1-4-5-6-7-8-9-10-11-12-13-14-17-22(25)18-15-16-19-26-20-23-21-27-24(2,3)28-23/h14,17,23H,4-13,15-16,18-21H2,1-3H3/b17-14+/t23-/m0/s1. The van der Waals surface area contributed by atoms with Gasteiger partial charge < -0.3 is 14.2 Å². The summed E-state index contributed by atoms with van der Waals surface area (Å²) in [4.78, 5) is 11.9. The van der Waals surface area contributed by atoms with E-state index in [0.717, 1.165) is 19.3 Å². The number of carbonyl (C=O) groups is 1. The van der Waals surface area contributed by atoms with Crippen LogP contribution in [0.3, 0.4) is 0 Å². The van der Waals surface area contributed by atoms with Gasteiger partial charge in [0, 0.05) is 13.0 Å². The zero-order valence-electron chi connectivity index (χ0n) is 18.7. The van der Waals surface area contributed by atoms with E-state index in [0.29, 0.717) is 26.2 Å². The highest BCUT2D eigenvalue weighted by Crippen LogP contribution is 2.22. The Morgan fingerprint density at radius 3 is 2.32 bits per heavy atom. The van der Waals surface area contributed by atoms with Crippen LogP contribution >= 0.6 is 0 Å². The highest BCUT2D eigenvalue weighted by Gasteiger charge is 2.32.